The van der Waals surface area contributed by atoms with Gasteiger partial charge in [0, 0.05) is 43.5 Å². The van der Waals surface area contributed by atoms with Crippen molar-refractivity contribution in [3.05, 3.63) is 71.0 Å². The zero-order chi connectivity index (χ0) is 27.3. The number of amides is 3. The number of nitrogens with one attached hydrogen (secondary N) is 2. The highest BCUT2D eigenvalue weighted by Crippen LogP contribution is 2.40. The monoisotopic (exact) mass is 523 g/mol. The van der Waals surface area contributed by atoms with Gasteiger partial charge in [-0.05, 0) is 67.8 Å². The van der Waals surface area contributed by atoms with E-state index in [1.807, 2.05) is 6.07 Å². The number of nitriles is 1. The molecule has 2 fully saturated rings. The Kier molecular flexibility index (Phi) is 8.37. The van der Waals surface area contributed by atoms with E-state index in [0.717, 1.165) is 12.0 Å². The number of alkyl halides is 1. The lowest BCUT2D eigenvalue weighted by Gasteiger charge is -2.36. The first kappa shape index (κ1) is 27.2. The smallest absolute Gasteiger partial charge is 0.255 e. The van der Waals surface area contributed by atoms with Gasteiger partial charge in [0.25, 0.3) is 11.8 Å². The fourth-order valence-corrected chi connectivity index (χ4v) is 4.84. The average molecular weight is 524 g/mol. The molecule has 2 aromatic rings. The standard InChI is InChI=1S/C28H31F2N5O3/c29-21-9-7-19(8-10-21)22-16-24(22)33-13-1-2-23(34-25(36)20-5-3-18(17-31)4-6-20)26(37)35-14-11-28(30,12-15-35)27(32)38/h3-10,22-24,33H,1-2,11-16H2,(H2,32,38)(H,34,36)/t22-,23?,24+/m0/s1. The van der Waals surface area contributed by atoms with Gasteiger partial charge in [-0.1, -0.05) is 12.1 Å². The molecular weight excluding hydrogens is 492 g/mol. The minimum Gasteiger partial charge on any atom is -0.367 e. The third-order valence-corrected chi connectivity index (χ3v) is 7.35. The molecule has 0 spiro atoms. The molecule has 8 nitrogen and oxygen atoms in total. The first-order valence-electron chi connectivity index (χ1n) is 12.8. The molecule has 4 rings (SSSR count). The number of carbonyl (C=O) groups excluding carboxylic acids is 3. The van der Waals surface area contributed by atoms with Gasteiger partial charge in [-0.2, -0.15) is 5.26 Å². The molecule has 1 saturated carbocycles. The Morgan fingerprint density at radius 2 is 1.76 bits per heavy atom. The van der Waals surface area contributed by atoms with E-state index < -0.39 is 23.5 Å². The second kappa shape index (κ2) is 11.7. The summed E-state index contributed by atoms with van der Waals surface area (Å²) in [6.45, 7) is 0.677. The largest absolute Gasteiger partial charge is 0.367 e. The van der Waals surface area contributed by atoms with E-state index >= 15 is 0 Å². The van der Waals surface area contributed by atoms with E-state index in [1.165, 1.54) is 41.3 Å². The summed E-state index contributed by atoms with van der Waals surface area (Å²) in [6, 6.07) is 14.0. The van der Waals surface area contributed by atoms with E-state index in [-0.39, 0.29) is 43.7 Å². The van der Waals surface area contributed by atoms with Crippen molar-refractivity contribution >= 4 is 17.7 Å². The second-order valence-electron chi connectivity index (χ2n) is 9.97. The average Bonchev–Trinajstić information content (AvgIpc) is 3.70. The Morgan fingerprint density at radius 1 is 1.11 bits per heavy atom. The number of hydrogen-bond donors (Lipinski definition) is 3. The van der Waals surface area contributed by atoms with Crippen LogP contribution in [0, 0.1) is 17.1 Å². The molecule has 200 valence electrons. The van der Waals surface area contributed by atoms with Crippen LogP contribution in [0.1, 0.15) is 59.5 Å². The van der Waals surface area contributed by atoms with Crippen LogP contribution in [0.3, 0.4) is 0 Å². The SMILES string of the molecule is N#Cc1ccc(C(=O)NC(CCCN[C@@H]2C[C@H]2c2ccc(F)cc2)C(=O)N2CCC(F)(C(N)=O)CC2)cc1. The molecule has 10 heteroatoms. The fraction of sp³-hybridized carbons (Fsp3) is 0.429. The van der Waals surface area contributed by atoms with E-state index in [9.17, 15) is 23.2 Å². The maximum absolute atomic E-state index is 14.6. The molecule has 1 heterocycles. The Balaban J connectivity index is 1.34. The number of benzene rings is 2. The lowest BCUT2D eigenvalue weighted by molar-refractivity contribution is -0.141. The molecule has 0 aromatic heterocycles. The molecule has 2 aliphatic rings. The van der Waals surface area contributed by atoms with Crippen LogP contribution in [-0.2, 0) is 9.59 Å². The van der Waals surface area contributed by atoms with E-state index in [0.29, 0.717) is 36.4 Å². The molecule has 1 aliphatic carbocycles. The minimum atomic E-state index is -2.13. The zero-order valence-corrected chi connectivity index (χ0v) is 21.0. The van der Waals surface area contributed by atoms with Crippen LogP contribution in [0.5, 0.6) is 0 Å². The summed E-state index contributed by atoms with van der Waals surface area (Å²) in [5.41, 5.74) is 4.86. The second-order valence-corrected chi connectivity index (χ2v) is 9.97. The van der Waals surface area contributed by atoms with Gasteiger partial charge in [-0.3, -0.25) is 14.4 Å². The van der Waals surface area contributed by atoms with Gasteiger partial charge in [0.15, 0.2) is 5.67 Å². The number of nitrogens with two attached hydrogens (primary N) is 1. The van der Waals surface area contributed by atoms with Crippen LogP contribution in [0.4, 0.5) is 8.78 Å². The van der Waals surface area contributed by atoms with Crippen molar-refractivity contribution < 1.29 is 23.2 Å². The van der Waals surface area contributed by atoms with Crippen molar-refractivity contribution in [3.8, 4) is 6.07 Å². The van der Waals surface area contributed by atoms with Gasteiger partial charge in [-0.15, -0.1) is 0 Å². The van der Waals surface area contributed by atoms with Crippen molar-refractivity contribution in [1.29, 1.82) is 5.26 Å². The van der Waals surface area contributed by atoms with Gasteiger partial charge in [-0.25, -0.2) is 8.78 Å². The molecule has 3 atom stereocenters. The quantitative estimate of drug-likeness (QED) is 0.413. The Bertz CT molecular complexity index is 1200. The molecule has 2 aromatic carbocycles. The third kappa shape index (κ3) is 6.53. The minimum absolute atomic E-state index is 0.0290. The number of nitrogens with zero attached hydrogens (tertiary/aromatic N) is 2. The van der Waals surface area contributed by atoms with Crippen molar-refractivity contribution in [3.63, 3.8) is 0 Å². The predicted octanol–water partition coefficient (Wildman–Crippen LogP) is 2.54. The van der Waals surface area contributed by atoms with Gasteiger partial charge in [0.1, 0.15) is 11.9 Å². The molecule has 1 saturated heterocycles. The summed E-state index contributed by atoms with van der Waals surface area (Å²) < 4.78 is 27.8. The third-order valence-electron chi connectivity index (χ3n) is 7.35. The summed E-state index contributed by atoms with van der Waals surface area (Å²) >= 11 is 0. The van der Waals surface area contributed by atoms with Gasteiger partial charge in [0.05, 0.1) is 11.6 Å². The number of carbonyl (C=O) groups is 3. The Morgan fingerprint density at radius 3 is 2.37 bits per heavy atom. The summed E-state index contributed by atoms with van der Waals surface area (Å²) in [7, 11) is 0. The molecule has 1 unspecified atom stereocenters. The van der Waals surface area contributed by atoms with Gasteiger partial charge >= 0.3 is 0 Å². The lowest BCUT2D eigenvalue weighted by Crippen LogP contribution is -2.55. The molecule has 3 amide bonds. The van der Waals surface area contributed by atoms with Crippen molar-refractivity contribution in [2.75, 3.05) is 19.6 Å². The highest BCUT2D eigenvalue weighted by molar-refractivity contribution is 5.97. The Labute approximate surface area is 220 Å². The van der Waals surface area contributed by atoms with Crippen molar-refractivity contribution in [2.45, 2.75) is 55.8 Å². The molecule has 1 aliphatic heterocycles. The molecule has 0 bridgehead atoms. The number of rotatable bonds is 10. The molecule has 4 N–H and O–H groups in total. The van der Waals surface area contributed by atoms with Crippen LogP contribution in [-0.4, -0.2) is 60.0 Å². The first-order valence-corrected chi connectivity index (χ1v) is 12.8. The van der Waals surface area contributed by atoms with Crippen LogP contribution in [0.25, 0.3) is 0 Å². The summed E-state index contributed by atoms with van der Waals surface area (Å²) in [6.07, 6.45) is 1.53. The number of primary amides is 1. The summed E-state index contributed by atoms with van der Waals surface area (Å²) in [5.74, 6) is -1.76. The van der Waals surface area contributed by atoms with Gasteiger partial charge < -0.3 is 21.3 Å². The topological polar surface area (TPSA) is 128 Å². The maximum atomic E-state index is 14.6. The zero-order valence-electron chi connectivity index (χ0n) is 21.0. The highest BCUT2D eigenvalue weighted by Gasteiger charge is 2.42. The number of likely N-dealkylation sites (tertiary alicyclic amines) is 1. The number of piperidine rings is 1. The van der Waals surface area contributed by atoms with Crippen molar-refractivity contribution in [1.82, 2.24) is 15.5 Å². The van der Waals surface area contributed by atoms with Crippen molar-refractivity contribution in [2.24, 2.45) is 5.73 Å². The van der Waals surface area contributed by atoms with Crippen LogP contribution >= 0.6 is 0 Å². The van der Waals surface area contributed by atoms with E-state index in [1.54, 1.807) is 12.1 Å². The van der Waals surface area contributed by atoms with E-state index in [4.69, 9.17) is 11.0 Å². The number of hydrogen-bond acceptors (Lipinski definition) is 5. The normalized spacial score (nSPS) is 20.7. The maximum Gasteiger partial charge on any atom is 0.255 e. The summed E-state index contributed by atoms with van der Waals surface area (Å²) in [4.78, 5) is 39.1. The van der Waals surface area contributed by atoms with Crippen LogP contribution in [0.15, 0.2) is 48.5 Å². The van der Waals surface area contributed by atoms with Crippen LogP contribution in [0.2, 0.25) is 0 Å². The molecular formula is C28H31F2N5O3. The Hall–Kier alpha value is -3.84. The lowest BCUT2D eigenvalue weighted by atomic mass is 9.92. The number of halogens is 2. The van der Waals surface area contributed by atoms with Gasteiger partial charge in [0.2, 0.25) is 5.91 Å². The first-order chi connectivity index (χ1) is 18.2. The highest BCUT2D eigenvalue weighted by atomic mass is 19.1. The van der Waals surface area contributed by atoms with E-state index in [2.05, 4.69) is 10.6 Å². The van der Waals surface area contributed by atoms with Crippen LogP contribution < -0.4 is 16.4 Å². The predicted molar refractivity (Wildman–Crippen MR) is 136 cm³/mol. The molecule has 38 heavy (non-hydrogen) atoms. The summed E-state index contributed by atoms with van der Waals surface area (Å²) in [5, 5.41) is 15.2. The molecule has 0 radical (unpaired) electrons. The fourth-order valence-electron chi connectivity index (χ4n) is 4.84.